The first-order chi connectivity index (χ1) is 6.50. The summed E-state index contributed by atoms with van der Waals surface area (Å²) < 4.78 is 0. The zero-order chi connectivity index (χ0) is 10.7. The Morgan fingerprint density at radius 2 is 2.43 bits per heavy atom. The molecule has 0 radical (unpaired) electrons. The van der Waals surface area contributed by atoms with E-state index in [1.165, 1.54) is 0 Å². The van der Waals surface area contributed by atoms with Crippen molar-refractivity contribution >= 4 is 28.8 Å². The fourth-order valence-corrected chi connectivity index (χ4v) is 2.11. The van der Waals surface area contributed by atoms with E-state index in [1.54, 1.807) is 36.4 Å². The van der Waals surface area contributed by atoms with E-state index < -0.39 is 5.38 Å². The number of halogens is 1. The maximum Gasteiger partial charge on any atom is 0.240 e. The van der Waals surface area contributed by atoms with Crippen molar-refractivity contribution < 1.29 is 4.79 Å². The number of hydrogen-bond donors (Lipinski definition) is 0. The molecule has 0 aliphatic carbocycles. The Kier molecular flexibility index (Phi) is 3.89. The Morgan fingerprint density at radius 3 is 2.86 bits per heavy atom. The van der Waals surface area contributed by atoms with Crippen molar-refractivity contribution in [2.45, 2.75) is 25.8 Å². The predicted molar refractivity (Wildman–Crippen MR) is 58.6 cm³/mol. The first-order valence-corrected chi connectivity index (χ1v) is 5.56. The number of carbonyl (C=O) groups excluding carboxylic acids is 1. The number of amides is 1. The molecule has 5 heteroatoms. The quantitative estimate of drug-likeness (QED) is 0.748. The SMILES string of the molecule is Cc1ncc(CN(C)C(=O)C(C)Cl)s1. The molecule has 3 nitrogen and oxygen atoms in total. The minimum absolute atomic E-state index is 0.0577. The molecule has 0 N–H and O–H groups in total. The van der Waals surface area contributed by atoms with Crippen molar-refractivity contribution in [3.63, 3.8) is 0 Å². The second-order valence-corrected chi connectivity index (χ2v) is 5.13. The topological polar surface area (TPSA) is 33.2 Å². The first kappa shape index (κ1) is 11.5. The van der Waals surface area contributed by atoms with Gasteiger partial charge < -0.3 is 4.90 Å². The summed E-state index contributed by atoms with van der Waals surface area (Å²) in [6, 6.07) is 0. The lowest BCUT2D eigenvalue weighted by atomic mass is 10.4. The highest BCUT2D eigenvalue weighted by molar-refractivity contribution is 7.11. The van der Waals surface area contributed by atoms with Gasteiger partial charge in [-0.2, -0.15) is 0 Å². The van der Waals surface area contributed by atoms with Crippen molar-refractivity contribution in [1.82, 2.24) is 9.88 Å². The zero-order valence-corrected chi connectivity index (χ0v) is 10.0. The van der Waals surface area contributed by atoms with E-state index in [1.807, 2.05) is 6.92 Å². The molecule has 0 aliphatic rings. The molecule has 14 heavy (non-hydrogen) atoms. The van der Waals surface area contributed by atoms with Crippen LogP contribution in [0, 0.1) is 6.92 Å². The molecule has 0 aliphatic heterocycles. The van der Waals surface area contributed by atoms with E-state index in [4.69, 9.17) is 11.6 Å². The third-order valence-corrected chi connectivity index (χ3v) is 2.86. The molecular formula is C9H13ClN2OS. The minimum Gasteiger partial charge on any atom is -0.339 e. The van der Waals surface area contributed by atoms with Gasteiger partial charge in [-0.25, -0.2) is 4.98 Å². The van der Waals surface area contributed by atoms with Crippen LogP contribution in [-0.2, 0) is 11.3 Å². The molecule has 1 rings (SSSR count). The van der Waals surface area contributed by atoms with Gasteiger partial charge >= 0.3 is 0 Å². The van der Waals surface area contributed by atoms with Gasteiger partial charge in [0, 0.05) is 18.1 Å². The van der Waals surface area contributed by atoms with E-state index in [2.05, 4.69) is 4.98 Å². The molecule has 0 saturated carbocycles. The van der Waals surface area contributed by atoms with E-state index >= 15 is 0 Å². The fourth-order valence-electron chi connectivity index (χ4n) is 1.09. The van der Waals surface area contributed by atoms with Gasteiger partial charge in [0.15, 0.2) is 0 Å². The van der Waals surface area contributed by atoms with Gasteiger partial charge in [-0.1, -0.05) is 0 Å². The molecule has 0 bridgehead atoms. The first-order valence-electron chi connectivity index (χ1n) is 4.31. The van der Waals surface area contributed by atoms with Crippen LogP contribution in [0.25, 0.3) is 0 Å². The maximum atomic E-state index is 11.4. The molecule has 1 unspecified atom stereocenters. The standard InChI is InChI=1S/C9H13ClN2OS/c1-6(10)9(13)12(3)5-8-4-11-7(2)14-8/h4,6H,5H2,1-3H3. The normalized spacial score (nSPS) is 12.6. The Morgan fingerprint density at radius 1 is 1.79 bits per heavy atom. The highest BCUT2D eigenvalue weighted by atomic mass is 35.5. The number of alkyl halides is 1. The summed E-state index contributed by atoms with van der Waals surface area (Å²) >= 11 is 7.29. The van der Waals surface area contributed by atoms with Gasteiger partial charge in [0.1, 0.15) is 5.38 Å². The number of aromatic nitrogens is 1. The highest BCUT2D eigenvalue weighted by Gasteiger charge is 2.15. The van der Waals surface area contributed by atoms with E-state index in [9.17, 15) is 4.79 Å². The van der Waals surface area contributed by atoms with Crippen LogP contribution in [0.1, 0.15) is 16.8 Å². The van der Waals surface area contributed by atoms with Crippen LogP contribution in [-0.4, -0.2) is 28.2 Å². The van der Waals surface area contributed by atoms with Crippen LogP contribution in [0.15, 0.2) is 6.20 Å². The van der Waals surface area contributed by atoms with E-state index in [-0.39, 0.29) is 5.91 Å². The summed E-state index contributed by atoms with van der Waals surface area (Å²) in [7, 11) is 1.75. The lowest BCUT2D eigenvalue weighted by Gasteiger charge is -2.16. The third-order valence-electron chi connectivity index (χ3n) is 1.78. The van der Waals surface area contributed by atoms with Crippen LogP contribution in [0.5, 0.6) is 0 Å². The van der Waals surface area contributed by atoms with Crippen LogP contribution < -0.4 is 0 Å². The Balaban J connectivity index is 2.57. The summed E-state index contributed by atoms with van der Waals surface area (Å²) in [6.07, 6.45) is 1.79. The van der Waals surface area contributed by atoms with Gasteiger partial charge in [0.05, 0.1) is 11.6 Å². The van der Waals surface area contributed by atoms with Crippen LogP contribution in [0.3, 0.4) is 0 Å². The van der Waals surface area contributed by atoms with Crippen molar-refractivity contribution in [1.29, 1.82) is 0 Å². The molecule has 0 fully saturated rings. The summed E-state index contributed by atoms with van der Waals surface area (Å²) in [5.74, 6) is -0.0577. The van der Waals surface area contributed by atoms with Crippen molar-refractivity contribution in [2.75, 3.05) is 7.05 Å². The van der Waals surface area contributed by atoms with Crippen LogP contribution >= 0.6 is 22.9 Å². The largest absolute Gasteiger partial charge is 0.339 e. The lowest BCUT2D eigenvalue weighted by Crippen LogP contribution is -2.31. The van der Waals surface area contributed by atoms with Crippen LogP contribution in [0.4, 0.5) is 0 Å². The molecule has 78 valence electrons. The number of hydrogen-bond acceptors (Lipinski definition) is 3. The molecule has 1 heterocycles. The Hall–Kier alpha value is -0.610. The summed E-state index contributed by atoms with van der Waals surface area (Å²) in [6.45, 7) is 4.21. The highest BCUT2D eigenvalue weighted by Crippen LogP contribution is 2.14. The molecule has 1 amide bonds. The number of rotatable bonds is 3. The Labute approximate surface area is 92.7 Å². The number of carbonyl (C=O) groups is 1. The third kappa shape index (κ3) is 2.96. The van der Waals surface area contributed by atoms with Gasteiger partial charge in [-0.15, -0.1) is 22.9 Å². The Bertz CT molecular complexity index is 324. The van der Waals surface area contributed by atoms with Gasteiger partial charge in [-0.05, 0) is 13.8 Å². The van der Waals surface area contributed by atoms with Crippen LogP contribution in [0.2, 0.25) is 0 Å². The predicted octanol–water partition coefficient (Wildman–Crippen LogP) is 2.04. The smallest absolute Gasteiger partial charge is 0.240 e. The molecule has 1 aromatic rings. The summed E-state index contributed by atoms with van der Waals surface area (Å²) in [5, 5.41) is 0.550. The van der Waals surface area contributed by atoms with E-state index in [0.29, 0.717) is 6.54 Å². The molecule has 1 aromatic heterocycles. The monoisotopic (exact) mass is 232 g/mol. The van der Waals surface area contributed by atoms with E-state index in [0.717, 1.165) is 9.88 Å². The molecule has 1 atom stereocenters. The number of thiazole rings is 1. The molecule has 0 spiro atoms. The second-order valence-electron chi connectivity index (χ2n) is 3.16. The molecular weight excluding hydrogens is 220 g/mol. The van der Waals surface area contributed by atoms with Crippen molar-refractivity contribution in [3.05, 3.63) is 16.1 Å². The lowest BCUT2D eigenvalue weighted by molar-refractivity contribution is -0.129. The number of aryl methyl sites for hydroxylation is 1. The molecule has 0 aromatic carbocycles. The van der Waals surface area contributed by atoms with Gasteiger partial charge in [-0.3, -0.25) is 4.79 Å². The van der Waals surface area contributed by atoms with Crippen molar-refractivity contribution in [3.8, 4) is 0 Å². The number of nitrogens with zero attached hydrogens (tertiary/aromatic N) is 2. The average molecular weight is 233 g/mol. The van der Waals surface area contributed by atoms with Gasteiger partial charge in [0.2, 0.25) is 5.91 Å². The maximum absolute atomic E-state index is 11.4. The fraction of sp³-hybridized carbons (Fsp3) is 0.556. The van der Waals surface area contributed by atoms with Gasteiger partial charge in [0.25, 0.3) is 0 Å². The second kappa shape index (κ2) is 4.75. The average Bonchev–Trinajstić information content (AvgIpc) is 2.49. The van der Waals surface area contributed by atoms with Crippen molar-refractivity contribution in [2.24, 2.45) is 0 Å². The summed E-state index contributed by atoms with van der Waals surface area (Å²) in [4.78, 5) is 18.2. The summed E-state index contributed by atoms with van der Waals surface area (Å²) in [5.41, 5.74) is 0. The zero-order valence-electron chi connectivity index (χ0n) is 8.45. The molecule has 0 saturated heterocycles. The minimum atomic E-state index is -0.464.